The van der Waals surface area contributed by atoms with Crippen LogP contribution in [0, 0.1) is 0 Å². The molecular weight excluding hydrogens is 356 g/mol. The van der Waals surface area contributed by atoms with Gasteiger partial charge in [0, 0.05) is 24.3 Å². The van der Waals surface area contributed by atoms with Crippen LogP contribution in [0.1, 0.15) is 82.5 Å². The van der Waals surface area contributed by atoms with Gasteiger partial charge >= 0.3 is 0 Å². The Morgan fingerprint density at radius 3 is 2.24 bits per heavy atom. The van der Waals surface area contributed by atoms with Gasteiger partial charge in [0.1, 0.15) is 0 Å². The van der Waals surface area contributed by atoms with E-state index >= 15 is 0 Å². The molecule has 0 bridgehead atoms. The number of hydrogen-bond acceptors (Lipinski definition) is 2. The fourth-order valence-corrected chi connectivity index (χ4v) is 4.42. The van der Waals surface area contributed by atoms with E-state index in [-0.39, 0.29) is 18.0 Å². The molecule has 3 rings (SSSR count). The van der Waals surface area contributed by atoms with E-state index in [2.05, 4.69) is 68.6 Å². The Morgan fingerprint density at radius 1 is 1.00 bits per heavy atom. The fourth-order valence-electron chi connectivity index (χ4n) is 4.42. The van der Waals surface area contributed by atoms with Gasteiger partial charge in [-0.2, -0.15) is 0 Å². The molecule has 3 nitrogen and oxygen atoms in total. The number of amides is 1. The summed E-state index contributed by atoms with van der Waals surface area (Å²) in [7, 11) is 0. The average molecular weight is 393 g/mol. The lowest BCUT2D eigenvalue weighted by molar-refractivity contribution is -0.117. The molecule has 29 heavy (non-hydrogen) atoms. The van der Waals surface area contributed by atoms with Gasteiger partial charge in [-0.15, -0.1) is 0 Å². The van der Waals surface area contributed by atoms with Gasteiger partial charge in [0.15, 0.2) is 0 Å². The summed E-state index contributed by atoms with van der Waals surface area (Å²) in [5.74, 6) is 0.124. The van der Waals surface area contributed by atoms with Crippen LogP contribution in [-0.2, 0) is 17.6 Å². The maximum absolute atomic E-state index is 12.3. The topological polar surface area (TPSA) is 32.3 Å². The molecule has 0 radical (unpaired) electrons. The first-order valence-electron chi connectivity index (χ1n) is 11.3. The van der Waals surface area contributed by atoms with Gasteiger partial charge in [0.05, 0.1) is 6.04 Å². The quantitative estimate of drug-likeness (QED) is 0.544. The van der Waals surface area contributed by atoms with Gasteiger partial charge in [-0.1, -0.05) is 51.0 Å². The minimum Gasteiger partial charge on any atom is -0.378 e. The fraction of sp³-hybridized carbons (Fsp3) is 0.500. The molecule has 0 aliphatic carbocycles. The minimum absolute atomic E-state index is 0.124. The van der Waals surface area contributed by atoms with Crippen molar-refractivity contribution in [2.45, 2.75) is 84.7 Å². The molecule has 156 valence electrons. The maximum atomic E-state index is 12.3. The SMILES string of the molecule is CCCCc1ccc(N[C@H]2C[C@@H](C)N(C(C)=O)c3ccc(CCCC)cc32)cc1. The summed E-state index contributed by atoms with van der Waals surface area (Å²) in [6, 6.07) is 16.0. The monoisotopic (exact) mass is 392 g/mol. The summed E-state index contributed by atoms with van der Waals surface area (Å²) >= 11 is 0. The number of hydrogen-bond donors (Lipinski definition) is 1. The lowest BCUT2D eigenvalue weighted by Crippen LogP contribution is -2.43. The number of aryl methyl sites for hydroxylation is 2. The molecule has 0 spiro atoms. The molecule has 2 aromatic carbocycles. The summed E-state index contributed by atoms with van der Waals surface area (Å²) < 4.78 is 0. The van der Waals surface area contributed by atoms with Crippen molar-refractivity contribution in [1.29, 1.82) is 0 Å². The summed E-state index contributed by atoms with van der Waals surface area (Å²) in [5.41, 5.74) is 6.24. The number of anilines is 2. The number of unbranched alkanes of at least 4 members (excludes halogenated alkanes) is 2. The smallest absolute Gasteiger partial charge is 0.224 e. The van der Waals surface area contributed by atoms with Crippen molar-refractivity contribution in [3.63, 3.8) is 0 Å². The van der Waals surface area contributed by atoms with Crippen LogP contribution < -0.4 is 10.2 Å². The summed E-state index contributed by atoms with van der Waals surface area (Å²) in [6.45, 7) is 8.29. The number of nitrogens with zero attached hydrogens (tertiary/aromatic N) is 1. The van der Waals surface area contributed by atoms with E-state index in [1.165, 1.54) is 42.4 Å². The molecule has 1 aliphatic heterocycles. The molecule has 0 aromatic heterocycles. The van der Waals surface area contributed by atoms with Crippen molar-refractivity contribution < 1.29 is 4.79 Å². The van der Waals surface area contributed by atoms with Crippen molar-refractivity contribution in [2.75, 3.05) is 10.2 Å². The van der Waals surface area contributed by atoms with Crippen molar-refractivity contribution in [3.8, 4) is 0 Å². The van der Waals surface area contributed by atoms with Gasteiger partial charge in [-0.3, -0.25) is 4.79 Å². The highest BCUT2D eigenvalue weighted by Crippen LogP contribution is 2.39. The first-order chi connectivity index (χ1) is 14.0. The largest absolute Gasteiger partial charge is 0.378 e. The molecule has 0 fully saturated rings. The normalized spacial score (nSPS) is 18.4. The first-order valence-corrected chi connectivity index (χ1v) is 11.3. The summed E-state index contributed by atoms with van der Waals surface area (Å²) in [5, 5.41) is 3.76. The molecule has 3 heteroatoms. The van der Waals surface area contributed by atoms with Crippen molar-refractivity contribution in [3.05, 3.63) is 59.2 Å². The Hall–Kier alpha value is -2.29. The van der Waals surface area contributed by atoms with E-state index in [0.29, 0.717) is 0 Å². The predicted octanol–water partition coefficient (Wildman–Crippen LogP) is 6.67. The van der Waals surface area contributed by atoms with Crippen LogP contribution in [0.4, 0.5) is 11.4 Å². The van der Waals surface area contributed by atoms with Gasteiger partial charge < -0.3 is 10.2 Å². The van der Waals surface area contributed by atoms with E-state index in [4.69, 9.17) is 0 Å². The lowest BCUT2D eigenvalue weighted by atomic mass is 9.89. The lowest BCUT2D eigenvalue weighted by Gasteiger charge is -2.39. The number of rotatable bonds is 8. The molecular formula is C26H36N2O. The van der Waals surface area contributed by atoms with E-state index in [0.717, 1.165) is 30.6 Å². The van der Waals surface area contributed by atoms with Crippen LogP contribution in [0.5, 0.6) is 0 Å². The molecule has 1 aliphatic rings. The number of nitrogens with one attached hydrogen (secondary N) is 1. The maximum Gasteiger partial charge on any atom is 0.224 e. The zero-order valence-electron chi connectivity index (χ0n) is 18.5. The average Bonchev–Trinajstić information content (AvgIpc) is 2.71. The van der Waals surface area contributed by atoms with Crippen molar-refractivity contribution in [1.82, 2.24) is 0 Å². The van der Waals surface area contributed by atoms with Crippen LogP contribution >= 0.6 is 0 Å². The summed E-state index contributed by atoms with van der Waals surface area (Å²) in [6.07, 6.45) is 8.02. The number of benzene rings is 2. The predicted molar refractivity (Wildman–Crippen MR) is 124 cm³/mol. The minimum atomic E-state index is 0.124. The number of fused-ring (bicyclic) bond motifs is 1. The Bertz CT molecular complexity index is 812. The van der Waals surface area contributed by atoms with Crippen LogP contribution in [0.25, 0.3) is 0 Å². The van der Waals surface area contributed by atoms with Gasteiger partial charge in [0.2, 0.25) is 5.91 Å². The molecule has 0 unspecified atom stereocenters. The zero-order chi connectivity index (χ0) is 20.8. The molecule has 1 N–H and O–H groups in total. The highest BCUT2D eigenvalue weighted by Gasteiger charge is 2.32. The standard InChI is InChI=1S/C26H36N2O/c1-5-7-9-21-11-14-23(15-12-21)27-25-17-19(3)28(20(4)29)26-16-13-22(10-8-6-2)18-24(25)26/h11-16,18-19,25,27H,5-10,17H2,1-4H3/t19-,25+/m1/s1. The van der Waals surface area contributed by atoms with E-state index < -0.39 is 0 Å². The Kier molecular flexibility index (Phi) is 7.35. The third kappa shape index (κ3) is 5.20. The second-order valence-corrected chi connectivity index (χ2v) is 8.47. The second kappa shape index (κ2) is 9.96. The molecule has 2 atom stereocenters. The zero-order valence-corrected chi connectivity index (χ0v) is 18.5. The molecule has 0 saturated heterocycles. The Morgan fingerprint density at radius 2 is 1.62 bits per heavy atom. The molecule has 2 aromatic rings. The Balaban J connectivity index is 1.86. The second-order valence-electron chi connectivity index (χ2n) is 8.47. The highest BCUT2D eigenvalue weighted by atomic mass is 16.2. The van der Waals surface area contributed by atoms with E-state index in [1.54, 1.807) is 6.92 Å². The van der Waals surface area contributed by atoms with Gasteiger partial charge in [0.25, 0.3) is 0 Å². The first kappa shape index (κ1) is 21.4. The van der Waals surface area contributed by atoms with Crippen molar-refractivity contribution >= 4 is 17.3 Å². The molecule has 1 heterocycles. The van der Waals surface area contributed by atoms with Crippen LogP contribution in [0.15, 0.2) is 42.5 Å². The summed E-state index contributed by atoms with van der Waals surface area (Å²) in [4.78, 5) is 14.3. The van der Waals surface area contributed by atoms with Gasteiger partial charge in [-0.05, 0) is 73.9 Å². The number of carbonyl (C=O) groups excluding carboxylic acids is 1. The third-order valence-electron chi connectivity index (χ3n) is 6.02. The van der Waals surface area contributed by atoms with Crippen LogP contribution in [-0.4, -0.2) is 11.9 Å². The van der Waals surface area contributed by atoms with E-state index in [1.807, 2.05) is 4.90 Å². The van der Waals surface area contributed by atoms with Crippen LogP contribution in [0.2, 0.25) is 0 Å². The Labute approximate surface area is 176 Å². The number of carbonyl (C=O) groups is 1. The van der Waals surface area contributed by atoms with E-state index in [9.17, 15) is 4.79 Å². The third-order valence-corrected chi connectivity index (χ3v) is 6.02. The molecule has 0 saturated carbocycles. The van der Waals surface area contributed by atoms with Gasteiger partial charge in [-0.25, -0.2) is 0 Å². The highest BCUT2D eigenvalue weighted by molar-refractivity contribution is 5.93. The van der Waals surface area contributed by atoms with Crippen LogP contribution in [0.3, 0.4) is 0 Å². The molecule has 1 amide bonds. The van der Waals surface area contributed by atoms with Crippen molar-refractivity contribution in [2.24, 2.45) is 0 Å².